The van der Waals surface area contributed by atoms with Gasteiger partial charge in [-0.1, -0.05) is 44.1 Å². The molecule has 0 radical (unpaired) electrons. The van der Waals surface area contributed by atoms with E-state index < -0.39 is 0 Å². The minimum absolute atomic E-state index is 0.175. The molecule has 0 aromatic heterocycles. The maximum absolute atomic E-state index is 10.1. The van der Waals surface area contributed by atoms with Gasteiger partial charge in [0.15, 0.2) is 0 Å². The van der Waals surface area contributed by atoms with Gasteiger partial charge in [0.1, 0.15) is 0 Å². The van der Waals surface area contributed by atoms with E-state index in [4.69, 9.17) is 0 Å². The zero-order valence-corrected chi connectivity index (χ0v) is 16.9. The van der Waals surface area contributed by atoms with E-state index in [0.717, 1.165) is 30.1 Å². The van der Waals surface area contributed by atoms with Crippen molar-refractivity contribution in [2.75, 3.05) is 0 Å². The Bertz CT molecular complexity index is 587. The van der Waals surface area contributed by atoms with Crippen LogP contribution in [0.1, 0.15) is 85.5 Å². The number of aliphatic hydroxyl groups is 1. The van der Waals surface area contributed by atoms with Crippen LogP contribution in [0.5, 0.6) is 0 Å². The van der Waals surface area contributed by atoms with Crippen LogP contribution in [0.25, 0.3) is 0 Å². The Morgan fingerprint density at radius 2 is 1.92 bits per heavy atom. The highest BCUT2D eigenvalue weighted by molar-refractivity contribution is 5.26. The van der Waals surface area contributed by atoms with Gasteiger partial charge in [-0.2, -0.15) is 0 Å². The average Bonchev–Trinajstić information content (AvgIpc) is 2.93. The van der Waals surface area contributed by atoms with Crippen LogP contribution in [0.15, 0.2) is 23.3 Å². The molecule has 4 aliphatic carbocycles. The van der Waals surface area contributed by atoms with E-state index in [1.165, 1.54) is 51.4 Å². The van der Waals surface area contributed by atoms with Crippen LogP contribution in [-0.4, -0.2) is 11.2 Å². The molecule has 25 heavy (non-hydrogen) atoms. The summed E-state index contributed by atoms with van der Waals surface area (Å²) in [5.41, 5.74) is 4.21. The smallest absolute Gasteiger partial charge is 0.0724 e. The quantitative estimate of drug-likeness (QED) is 0.585. The van der Waals surface area contributed by atoms with Gasteiger partial charge in [0.2, 0.25) is 0 Å². The largest absolute Gasteiger partial charge is 0.389 e. The molecule has 1 heteroatoms. The van der Waals surface area contributed by atoms with Crippen molar-refractivity contribution in [3.05, 3.63) is 23.3 Å². The average molecular weight is 343 g/mol. The van der Waals surface area contributed by atoms with Crippen LogP contribution in [0.4, 0.5) is 0 Å². The lowest BCUT2D eigenvalue weighted by Crippen LogP contribution is -2.50. The number of allylic oxidation sites excluding steroid dienone is 3. The van der Waals surface area contributed by atoms with E-state index >= 15 is 0 Å². The number of rotatable bonds is 2. The van der Waals surface area contributed by atoms with Gasteiger partial charge in [-0.25, -0.2) is 0 Å². The fourth-order valence-corrected chi connectivity index (χ4v) is 7.92. The van der Waals surface area contributed by atoms with Crippen molar-refractivity contribution in [2.24, 2.45) is 34.5 Å². The molecule has 4 aliphatic rings. The molecule has 0 aromatic carbocycles. The zero-order chi connectivity index (χ0) is 17.8. The standard InChI is InChI=1S/C24H38O/c1-5-6-16(2)20-9-10-21-19-8-7-17-15-18(25)11-13-23(17,3)22(19)12-14-24(20,21)4/h6,15,18-22,25H,5,7-14H2,1-4H3/b16-6+. The summed E-state index contributed by atoms with van der Waals surface area (Å²) in [6.07, 6.45) is 16.3. The normalized spacial score (nSPS) is 49.9. The molecule has 7 atom stereocenters. The molecule has 140 valence electrons. The maximum atomic E-state index is 10.1. The third kappa shape index (κ3) is 2.59. The Morgan fingerprint density at radius 1 is 1.12 bits per heavy atom. The Balaban J connectivity index is 1.62. The number of hydrogen-bond acceptors (Lipinski definition) is 1. The Kier molecular flexibility index (Phi) is 4.46. The summed E-state index contributed by atoms with van der Waals surface area (Å²) in [6.45, 7) is 9.86. The summed E-state index contributed by atoms with van der Waals surface area (Å²) in [6, 6.07) is 0. The maximum Gasteiger partial charge on any atom is 0.0724 e. The Labute approximate surface area is 155 Å². The summed E-state index contributed by atoms with van der Waals surface area (Å²) < 4.78 is 0. The fraction of sp³-hybridized carbons (Fsp3) is 0.833. The van der Waals surface area contributed by atoms with Gasteiger partial charge in [-0.05, 0) is 99.2 Å². The first-order valence-electron chi connectivity index (χ1n) is 11.0. The van der Waals surface area contributed by atoms with Crippen LogP contribution in [-0.2, 0) is 0 Å². The van der Waals surface area contributed by atoms with E-state index in [1.807, 2.05) is 0 Å². The molecule has 4 rings (SSSR count). The first-order valence-corrected chi connectivity index (χ1v) is 11.0. The monoisotopic (exact) mass is 342 g/mol. The summed E-state index contributed by atoms with van der Waals surface area (Å²) in [7, 11) is 0. The summed E-state index contributed by atoms with van der Waals surface area (Å²) in [4.78, 5) is 0. The van der Waals surface area contributed by atoms with Gasteiger partial charge in [-0.3, -0.25) is 0 Å². The first kappa shape index (κ1) is 17.8. The van der Waals surface area contributed by atoms with E-state index in [0.29, 0.717) is 10.8 Å². The lowest BCUT2D eigenvalue weighted by Gasteiger charge is -2.58. The van der Waals surface area contributed by atoms with Gasteiger partial charge >= 0.3 is 0 Å². The van der Waals surface area contributed by atoms with Gasteiger partial charge in [0, 0.05) is 0 Å². The fourth-order valence-electron chi connectivity index (χ4n) is 7.92. The molecule has 0 aromatic rings. The summed E-state index contributed by atoms with van der Waals surface area (Å²) in [5.74, 6) is 3.56. The van der Waals surface area contributed by atoms with Crippen molar-refractivity contribution in [2.45, 2.75) is 91.6 Å². The molecule has 7 unspecified atom stereocenters. The molecule has 0 amide bonds. The van der Waals surface area contributed by atoms with Gasteiger partial charge in [-0.15, -0.1) is 0 Å². The highest BCUT2D eigenvalue weighted by Crippen LogP contribution is 2.67. The van der Waals surface area contributed by atoms with Crippen LogP contribution >= 0.6 is 0 Å². The third-order valence-electron chi connectivity index (χ3n) is 9.16. The van der Waals surface area contributed by atoms with E-state index in [-0.39, 0.29) is 6.10 Å². The molecule has 0 heterocycles. The van der Waals surface area contributed by atoms with Crippen molar-refractivity contribution >= 4 is 0 Å². The van der Waals surface area contributed by atoms with E-state index in [2.05, 4.69) is 39.8 Å². The van der Waals surface area contributed by atoms with Crippen molar-refractivity contribution in [3.63, 3.8) is 0 Å². The molecular weight excluding hydrogens is 304 g/mol. The Morgan fingerprint density at radius 3 is 2.68 bits per heavy atom. The molecule has 0 saturated heterocycles. The van der Waals surface area contributed by atoms with Crippen LogP contribution in [0.3, 0.4) is 0 Å². The lowest BCUT2D eigenvalue weighted by molar-refractivity contribution is -0.0508. The first-order chi connectivity index (χ1) is 11.9. The summed E-state index contributed by atoms with van der Waals surface area (Å²) in [5, 5.41) is 10.1. The molecule has 1 nitrogen and oxygen atoms in total. The van der Waals surface area contributed by atoms with E-state index in [1.54, 1.807) is 11.1 Å². The third-order valence-corrected chi connectivity index (χ3v) is 9.16. The summed E-state index contributed by atoms with van der Waals surface area (Å²) >= 11 is 0. The molecule has 3 saturated carbocycles. The SMILES string of the molecule is CC/C=C(\C)C1CCC2C3CCC4=CC(O)CCC4(C)C3CCC12C. The van der Waals surface area contributed by atoms with Gasteiger partial charge < -0.3 is 5.11 Å². The minimum atomic E-state index is -0.175. The van der Waals surface area contributed by atoms with Crippen LogP contribution < -0.4 is 0 Å². The molecule has 0 aliphatic heterocycles. The van der Waals surface area contributed by atoms with Crippen molar-refractivity contribution < 1.29 is 5.11 Å². The minimum Gasteiger partial charge on any atom is -0.389 e. The topological polar surface area (TPSA) is 20.2 Å². The number of aliphatic hydroxyl groups excluding tert-OH is 1. The van der Waals surface area contributed by atoms with Crippen molar-refractivity contribution in [3.8, 4) is 0 Å². The second-order valence-corrected chi connectivity index (χ2v) is 10.2. The predicted molar refractivity (Wildman–Crippen MR) is 105 cm³/mol. The number of fused-ring (bicyclic) bond motifs is 5. The van der Waals surface area contributed by atoms with E-state index in [9.17, 15) is 5.11 Å². The second kappa shape index (κ2) is 6.25. The molecule has 0 bridgehead atoms. The van der Waals surface area contributed by atoms with Crippen LogP contribution in [0.2, 0.25) is 0 Å². The molecule has 0 spiro atoms. The van der Waals surface area contributed by atoms with Gasteiger partial charge in [0.05, 0.1) is 6.10 Å². The molecule has 3 fully saturated rings. The highest BCUT2D eigenvalue weighted by atomic mass is 16.3. The van der Waals surface area contributed by atoms with Gasteiger partial charge in [0.25, 0.3) is 0 Å². The van der Waals surface area contributed by atoms with Crippen molar-refractivity contribution in [1.29, 1.82) is 0 Å². The Hall–Kier alpha value is -0.560. The number of hydrogen-bond donors (Lipinski definition) is 1. The highest BCUT2D eigenvalue weighted by Gasteiger charge is 2.58. The zero-order valence-electron chi connectivity index (χ0n) is 16.9. The molecular formula is C24H38O. The molecule has 1 N–H and O–H groups in total. The van der Waals surface area contributed by atoms with Crippen LogP contribution in [0, 0.1) is 34.5 Å². The predicted octanol–water partition coefficient (Wildman–Crippen LogP) is 6.28. The van der Waals surface area contributed by atoms with Crippen molar-refractivity contribution in [1.82, 2.24) is 0 Å². The second-order valence-electron chi connectivity index (χ2n) is 10.2. The lowest BCUT2D eigenvalue weighted by atomic mass is 9.46.